The van der Waals surface area contributed by atoms with Crippen molar-refractivity contribution in [3.8, 4) is 0 Å². The van der Waals surface area contributed by atoms with Crippen molar-refractivity contribution >= 4 is 5.97 Å². The molecule has 2 atom stereocenters. The molecule has 0 aliphatic rings. The summed E-state index contributed by atoms with van der Waals surface area (Å²) in [6.07, 6.45) is 7.06. The van der Waals surface area contributed by atoms with Gasteiger partial charge in [0.2, 0.25) is 0 Å². The molecule has 0 spiro atoms. The van der Waals surface area contributed by atoms with Crippen LogP contribution < -0.4 is 5.73 Å². The Morgan fingerprint density at radius 3 is 2.31 bits per heavy atom. The molecular formula is C12H25NO3. The Bertz CT molecular complexity index is 185. The number of hydrogen-bond acceptors (Lipinski definition) is 3. The fourth-order valence-corrected chi connectivity index (χ4v) is 1.62. The van der Waals surface area contributed by atoms with E-state index in [2.05, 4.69) is 6.92 Å². The van der Waals surface area contributed by atoms with Crippen LogP contribution in [-0.2, 0) is 4.79 Å². The molecule has 0 aliphatic carbocycles. The van der Waals surface area contributed by atoms with Gasteiger partial charge < -0.3 is 15.9 Å². The molecule has 0 saturated carbocycles. The van der Waals surface area contributed by atoms with Gasteiger partial charge in [-0.3, -0.25) is 4.79 Å². The van der Waals surface area contributed by atoms with E-state index in [4.69, 9.17) is 10.8 Å². The van der Waals surface area contributed by atoms with Gasteiger partial charge in [0, 0.05) is 0 Å². The second-order valence-electron chi connectivity index (χ2n) is 4.38. The van der Waals surface area contributed by atoms with Gasteiger partial charge in [-0.1, -0.05) is 39.0 Å². The minimum absolute atomic E-state index is 0.353. The lowest BCUT2D eigenvalue weighted by molar-refractivity contribution is -0.138. The lowest BCUT2D eigenvalue weighted by Gasteiger charge is -2.12. The summed E-state index contributed by atoms with van der Waals surface area (Å²) in [5.41, 5.74) is 5.35. The van der Waals surface area contributed by atoms with Crippen LogP contribution in [0.5, 0.6) is 0 Å². The standard InChI is InChI=1S/C12H25NO3/c1-2-3-4-5-6-7-10(14)8-9-11(13)12(15)16/h10-11,14H,2-9,13H2,1H3,(H,15,16)/t10-,11?/m0/s1. The van der Waals surface area contributed by atoms with E-state index in [1.54, 1.807) is 0 Å². The first-order valence-corrected chi connectivity index (χ1v) is 6.24. The van der Waals surface area contributed by atoms with Crippen molar-refractivity contribution in [1.29, 1.82) is 0 Å². The summed E-state index contributed by atoms with van der Waals surface area (Å²) in [7, 11) is 0. The van der Waals surface area contributed by atoms with Crippen LogP contribution in [0.3, 0.4) is 0 Å². The molecule has 4 heteroatoms. The number of aliphatic hydroxyl groups is 1. The lowest BCUT2D eigenvalue weighted by atomic mass is 10.0. The molecule has 4 N–H and O–H groups in total. The summed E-state index contributed by atoms with van der Waals surface area (Å²) in [6, 6.07) is -0.838. The zero-order valence-electron chi connectivity index (χ0n) is 10.2. The Hall–Kier alpha value is -0.610. The number of hydrogen-bond donors (Lipinski definition) is 3. The maximum Gasteiger partial charge on any atom is 0.320 e. The molecule has 0 rings (SSSR count). The molecular weight excluding hydrogens is 206 g/mol. The molecule has 0 aromatic heterocycles. The first kappa shape index (κ1) is 15.4. The highest BCUT2D eigenvalue weighted by molar-refractivity contribution is 5.72. The van der Waals surface area contributed by atoms with E-state index in [0.29, 0.717) is 12.8 Å². The van der Waals surface area contributed by atoms with Crippen molar-refractivity contribution in [2.45, 2.75) is 70.4 Å². The van der Waals surface area contributed by atoms with Crippen molar-refractivity contribution in [3.63, 3.8) is 0 Å². The maximum absolute atomic E-state index is 10.4. The Morgan fingerprint density at radius 1 is 1.12 bits per heavy atom. The molecule has 1 unspecified atom stereocenters. The molecule has 0 bridgehead atoms. The first-order valence-electron chi connectivity index (χ1n) is 6.24. The van der Waals surface area contributed by atoms with Crippen LogP contribution in [0.4, 0.5) is 0 Å². The molecule has 16 heavy (non-hydrogen) atoms. The van der Waals surface area contributed by atoms with Crippen LogP contribution in [0.25, 0.3) is 0 Å². The Labute approximate surface area is 97.8 Å². The molecule has 96 valence electrons. The molecule has 4 nitrogen and oxygen atoms in total. The Morgan fingerprint density at radius 2 is 1.75 bits per heavy atom. The van der Waals surface area contributed by atoms with Gasteiger partial charge in [0.15, 0.2) is 0 Å². The van der Waals surface area contributed by atoms with Gasteiger partial charge in [-0.05, 0) is 19.3 Å². The fraction of sp³-hybridized carbons (Fsp3) is 0.917. The molecule has 0 aromatic carbocycles. The third-order valence-electron chi connectivity index (χ3n) is 2.77. The number of rotatable bonds is 10. The van der Waals surface area contributed by atoms with Crippen molar-refractivity contribution < 1.29 is 15.0 Å². The number of carboxylic acid groups (broad SMARTS) is 1. The van der Waals surface area contributed by atoms with Crippen LogP contribution in [-0.4, -0.2) is 28.3 Å². The molecule has 0 aromatic rings. The average Bonchev–Trinajstić information content (AvgIpc) is 2.25. The van der Waals surface area contributed by atoms with Crippen molar-refractivity contribution in [2.24, 2.45) is 5.73 Å². The largest absolute Gasteiger partial charge is 0.480 e. The second kappa shape index (κ2) is 9.60. The van der Waals surface area contributed by atoms with E-state index < -0.39 is 18.1 Å². The number of unbranched alkanes of at least 4 members (excludes halogenated alkanes) is 4. The number of aliphatic carboxylic acids is 1. The topological polar surface area (TPSA) is 83.5 Å². The lowest BCUT2D eigenvalue weighted by Crippen LogP contribution is -2.31. The number of carbonyl (C=O) groups is 1. The third kappa shape index (κ3) is 8.68. The summed E-state index contributed by atoms with van der Waals surface area (Å²) >= 11 is 0. The summed E-state index contributed by atoms with van der Waals surface area (Å²) in [6.45, 7) is 2.17. The maximum atomic E-state index is 10.4. The summed E-state index contributed by atoms with van der Waals surface area (Å²) in [4.78, 5) is 10.4. The number of aliphatic hydroxyl groups excluding tert-OH is 1. The minimum Gasteiger partial charge on any atom is -0.480 e. The van der Waals surface area contributed by atoms with Gasteiger partial charge >= 0.3 is 5.97 Å². The van der Waals surface area contributed by atoms with Gasteiger partial charge in [-0.15, -0.1) is 0 Å². The number of carboxylic acids is 1. The van der Waals surface area contributed by atoms with Crippen molar-refractivity contribution in [2.75, 3.05) is 0 Å². The fourth-order valence-electron chi connectivity index (χ4n) is 1.62. The summed E-state index contributed by atoms with van der Waals surface area (Å²) < 4.78 is 0. The van der Waals surface area contributed by atoms with E-state index >= 15 is 0 Å². The van der Waals surface area contributed by atoms with E-state index in [1.165, 1.54) is 19.3 Å². The molecule has 0 heterocycles. The van der Waals surface area contributed by atoms with Gasteiger partial charge in [0.25, 0.3) is 0 Å². The van der Waals surface area contributed by atoms with Gasteiger partial charge in [-0.2, -0.15) is 0 Å². The minimum atomic E-state index is -0.991. The zero-order chi connectivity index (χ0) is 12.4. The monoisotopic (exact) mass is 231 g/mol. The zero-order valence-corrected chi connectivity index (χ0v) is 10.2. The SMILES string of the molecule is CCCCCCC[C@H](O)CCC(N)C(=O)O. The van der Waals surface area contributed by atoms with Crippen LogP contribution in [0, 0.1) is 0 Å². The predicted molar refractivity (Wildman–Crippen MR) is 64.2 cm³/mol. The van der Waals surface area contributed by atoms with Crippen LogP contribution in [0.1, 0.15) is 58.3 Å². The smallest absolute Gasteiger partial charge is 0.320 e. The Balaban J connectivity index is 3.37. The molecule has 0 amide bonds. The van der Waals surface area contributed by atoms with Gasteiger partial charge in [0.05, 0.1) is 6.10 Å². The summed E-state index contributed by atoms with van der Waals surface area (Å²) in [5.74, 6) is -0.991. The van der Waals surface area contributed by atoms with Crippen LogP contribution in [0.15, 0.2) is 0 Å². The average molecular weight is 231 g/mol. The molecule has 0 aliphatic heterocycles. The summed E-state index contributed by atoms with van der Waals surface area (Å²) in [5, 5.41) is 18.1. The highest BCUT2D eigenvalue weighted by atomic mass is 16.4. The second-order valence-corrected chi connectivity index (χ2v) is 4.38. The predicted octanol–water partition coefficient (Wildman–Crippen LogP) is 1.90. The first-order chi connectivity index (χ1) is 7.57. The number of nitrogens with two attached hydrogens (primary N) is 1. The van der Waals surface area contributed by atoms with Gasteiger partial charge in [0.1, 0.15) is 6.04 Å². The van der Waals surface area contributed by atoms with Crippen molar-refractivity contribution in [3.05, 3.63) is 0 Å². The van der Waals surface area contributed by atoms with E-state index in [9.17, 15) is 9.90 Å². The van der Waals surface area contributed by atoms with E-state index in [-0.39, 0.29) is 0 Å². The van der Waals surface area contributed by atoms with Gasteiger partial charge in [-0.25, -0.2) is 0 Å². The quantitative estimate of drug-likeness (QED) is 0.501. The van der Waals surface area contributed by atoms with Crippen LogP contribution in [0.2, 0.25) is 0 Å². The normalized spacial score (nSPS) is 14.7. The highest BCUT2D eigenvalue weighted by Gasteiger charge is 2.13. The highest BCUT2D eigenvalue weighted by Crippen LogP contribution is 2.11. The molecule has 0 fully saturated rings. The van der Waals surface area contributed by atoms with E-state index in [0.717, 1.165) is 19.3 Å². The van der Waals surface area contributed by atoms with Crippen LogP contribution >= 0.6 is 0 Å². The van der Waals surface area contributed by atoms with E-state index in [1.807, 2.05) is 0 Å². The molecule has 0 saturated heterocycles. The third-order valence-corrected chi connectivity index (χ3v) is 2.77. The Kier molecular flexibility index (Phi) is 9.24. The van der Waals surface area contributed by atoms with Crippen molar-refractivity contribution in [1.82, 2.24) is 0 Å². The molecule has 0 radical (unpaired) electrons.